The molecule has 0 unspecified atom stereocenters. The molecule has 1 aliphatic heterocycles. The lowest BCUT2D eigenvalue weighted by molar-refractivity contribution is -0.116. The van der Waals surface area contributed by atoms with E-state index in [1.165, 1.54) is 6.07 Å². The molecule has 7 heteroatoms. The fraction of sp³-hybridized carbons (Fsp3) is 0.200. The first-order valence-electron chi connectivity index (χ1n) is 10.4. The number of benzene rings is 3. The lowest BCUT2D eigenvalue weighted by Gasteiger charge is -2.18. The Labute approximate surface area is 185 Å². The van der Waals surface area contributed by atoms with Crippen molar-refractivity contribution in [1.82, 2.24) is 5.32 Å². The number of fused-ring (bicyclic) bond motifs is 1. The molecule has 2 amide bonds. The maximum atomic E-state index is 13.7. The van der Waals surface area contributed by atoms with Crippen molar-refractivity contribution in [2.24, 2.45) is 0 Å². The summed E-state index contributed by atoms with van der Waals surface area (Å²) in [6, 6.07) is 18.6. The van der Waals surface area contributed by atoms with Crippen molar-refractivity contribution >= 4 is 17.5 Å². The topological polar surface area (TPSA) is 76.7 Å². The second-order valence-corrected chi connectivity index (χ2v) is 7.38. The quantitative estimate of drug-likeness (QED) is 0.587. The van der Waals surface area contributed by atoms with Gasteiger partial charge in [0.1, 0.15) is 19.0 Å². The Kier molecular flexibility index (Phi) is 6.65. The molecule has 0 saturated heterocycles. The normalized spacial score (nSPS) is 12.2. The molecule has 164 valence electrons. The van der Waals surface area contributed by atoms with Gasteiger partial charge < -0.3 is 20.1 Å². The molecule has 1 heterocycles. The standard InChI is InChI=1S/C25H23FN2O4/c26-21-4-2-1-3-19(21)16-27-25(30)18-7-9-20(10-8-18)28-24(29)12-6-17-5-11-22-23(15-17)32-14-13-31-22/h1-5,7-11,15H,6,12-14,16H2,(H,27,30)(H,28,29). The van der Waals surface area contributed by atoms with Gasteiger partial charge in [0.2, 0.25) is 5.91 Å². The minimum Gasteiger partial charge on any atom is -0.486 e. The Balaban J connectivity index is 1.26. The van der Waals surface area contributed by atoms with Crippen molar-refractivity contribution in [3.05, 3.63) is 89.2 Å². The number of hydrogen-bond donors (Lipinski definition) is 2. The van der Waals surface area contributed by atoms with E-state index in [4.69, 9.17) is 9.47 Å². The first kappa shape index (κ1) is 21.4. The van der Waals surface area contributed by atoms with E-state index < -0.39 is 0 Å². The Hall–Kier alpha value is -3.87. The van der Waals surface area contributed by atoms with Crippen LogP contribution in [0.4, 0.5) is 10.1 Å². The van der Waals surface area contributed by atoms with Crippen LogP contribution in [0.1, 0.15) is 27.9 Å². The molecule has 0 saturated carbocycles. The van der Waals surface area contributed by atoms with Crippen LogP contribution in [0.5, 0.6) is 11.5 Å². The van der Waals surface area contributed by atoms with Gasteiger partial charge in [-0.3, -0.25) is 9.59 Å². The predicted octanol–water partition coefficient (Wildman–Crippen LogP) is 4.10. The van der Waals surface area contributed by atoms with Crippen LogP contribution in [0.2, 0.25) is 0 Å². The van der Waals surface area contributed by atoms with E-state index in [0.717, 1.165) is 11.3 Å². The average molecular weight is 434 g/mol. The summed E-state index contributed by atoms with van der Waals surface area (Å²) in [7, 11) is 0. The lowest BCUT2D eigenvalue weighted by atomic mass is 10.1. The molecule has 0 aliphatic carbocycles. The molecule has 6 nitrogen and oxygen atoms in total. The summed E-state index contributed by atoms with van der Waals surface area (Å²) in [6.07, 6.45) is 0.879. The second kappa shape index (κ2) is 9.96. The molecule has 0 bridgehead atoms. The summed E-state index contributed by atoms with van der Waals surface area (Å²) in [6.45, 7) is 1.17. The third kappa shape index (κ3) is 5.43. The van der Waals surface area contributed by atoms with E-state index in [1.54, 1.807) is 42.5 Å². The third-order valence-corrected chi connectivity index (χ3v) is 5.08. The molecule has 32 heavy (non-hydrogen) atoms. The first-order valence-corrected chi connectivity index (χ1v) is 10.4. The maximum Gasteiger partial charge on any atom is 0.251 e. The van der Waals surface area contributed by atoms with Crippen molar-refractivity contribution < 1.29 is 23.5 Å². The van der Waals surface area contributed by atoms with Crippen LogP contribution in [0.15, 0.2) is 66.7 Å². The Morgan fingerprint density at radius 1 is 0.906 bits per heavy atom. The van der Waals surface area contributed by atoms with Crippen molar-refractivity contribution in [2.45, 2.75) is 19.4 Å². The van der Waals surface area contributed by atoms with Crippen LogP contribution >= 0.6 is 0 Å². The monoisotopic (exact) mass is 434 g/mol. The molecule has 0 spiro atoms. The Morgan fingerprint density at radius 3 is 2.44 bits per heavy atom. The fourth-order valence-electron chi connectivity index (χ4n) is 3.35. The van der Waals surface area contributed by atoms with E-state index >= 15 is 0 Å². The summed E-state index contributed by atoms with van der Waals surface area (Å²) >= 11 is 0. The van der Waals surface area contributed by atoms with Crippen LogP contribution in [-0.2, 0) is 17.8 Å². The maximum absolute atomic E-state index is 13.7. The van der Waals surface area contributed by atoms with Crippen LogP contribution in [0.25, 0.3) is 0 Å². The van der Waals surface area contributed by atoms with E-state index in [2.05, 4.69) is 10.6 Å². The minimum atomic E-state index is -0.359. The van der Waals surface area contributed by atoms with Gasteiger partial charge in [0, 0.05) is 29.8 Å². The molecular formula is C25H23FN2O4. The predicted molar refractivity (Wildman–Crippen MR) is 118 cm³/mol. The molecule has 3 aromatic carbocycles. The molecular weight excluding hydrogens is 411 g/mol. The molecule has 4 rings (SSSR count). The zero-order valence-electron chi connectivity index (χ0n) is 17.4. The summed E-state index contributed by atoms with van der Waals surface area (Å²) in [4.78, 5) is 24.6. The van der Waals surface area contributed by atoms with Crippen LogP contribution in [0.3, 0.4) is 0 Å². The van der Waals surface area contributed by atoms with Crippen molar-refractivity contribution in [1.29, 1.82) is 0 Å². The lowest BCUT2D eigenvalue weighted by Crippen LogP contribution is -2.23. The number of rotatable bonds is 7. The highest BCUT2D eigenvalue weighted by Crippen LogP contribution is 2.31. The number of anilines is 1. The zero-order chi connectivity index (χ0) is 22.3. The third-order valence-electron chi connectivity index (χ3n) is 5.08. The van der Waals surface area contributed by atoms with E-state index in [9.17, 15) is 14.0 Å². The summed E-state index contributed by atoms with van der Waals surface area (Å²) in [5.41, 5.74) is 2.44. The number of aryl methyl sites for hydroxylation is 1. The van der Waals surface area contributed by atoms with Gasteiger partial charge in [-0.2, -0.15) is 0 Å². The molecule has 0 atom stereocenters. The molecule has 0 fully saturated rings. The van der Waals surface area contributed by atoms with Gasteiger partial charge in [0.25, 0.3) is 5.91 Å². The van der Waals surface area contributed by atoms with Gasteiger partial charge in [-0.25, -0.2) is 4.39 Å². The van der Waals surface area contributed by atoms with E-state index in [0.29, 0.717) is 48.6 Å². The van der Waals surface area contributed by atoms with Crippen molar-refractivity contribution in [2.75, 3.05) is 18.5 Å². The van der Waals surface area contributed by atoms with Crippen LogP contribution in [-0.4, -0.2) is 25.0 Å². The SMILES string of the molecule is O=C(CCc1ccc2c(c1)OCCO2)Nc1ccc(C(=O)NCc2ccccc2F)cc1. The van der Waals surface area contributed by atoms with Gasteiger partial charge in [-0.1, -0.05) is 24.3 Å². The first-order chi connectivity index (χ1) is 15.6. The number of carbonyl (C=O) groups is 2. The Bertz CT molecular complexity index is 1120. The van der Waals surface area contributed by atoms with Gasteiger partial charge in [0.05, 0.1) is 0 Å². The van der Waals surface area contributed by atoms with Gasteiger partial charge >= 0.3 is 0 Å². The van der Waals surface area contributed by atoms with Gasteiger partial charge in [-0.15, -0.1) is 0 Å². The highest BCUT2D eigenvalue weighted by atomic mass is 19.1. The van der Waals surface area contributed by atoms with E-state index in [-0.39, 0.29) is 24.2 Å². The number of carbonyl (C=O) groups excluding carboxylic acids is 2. The van der Waals surface area contributed by atoms with Crippen LogP contribution in [0, 0.1) is 5.82 Å². The molecule has 2 N–H and O–H groups in total. The summed E-state index contributed by atoms with van der Waals surface area (Å²) in [5.74, 6) is 0.629. The summed E-state index contributed by atoms with van der Waals surface area (Å²) in [5, 5.41) is 5.52. The highest BCUT2D eigenvalue weighted by Gasteiger charge is 2.13. The highest BCUT2D eigenvalue weighted by molar-refractivity contribution is 5.95. The minimum absolute atomic E-state index is 0.101. The van der Waals surface area contributed by atoms with Crippen LogP contribution < -0.4 is 20.1 Å². The molecule has 3 aromatic rings. The van der Waals surface area contributed by atoms with Gasteiger partial charge in [-0.05, 0) is 54.4 Å². The average Bonchev–Trinajstić information content (AvgIpc) is 2.82. The van der Waals surface area contributed by atoms with Crippen molar-refractivity contribution in [3.8, 4) is 11.5 Å². The number of halogens is 1. The number of amides is 2. The molecule has 1 aliphatic rings. The van der Waals surface area contributed by atoms with Crippen molar-refractivity contribution in [3.63, 3.8) is 0 Å². The number of ether oxygens (including phenoxy) is 2. The molecule has 0 aromatic heterocycles. The van der Waals surface area contributed by atoms with Gasteiger partial charge in [0.15, 0.2) is 11.5 Å². The second-order valence-electron chi connectivity index (χ2n) is 7.38. The largest absolute Gasteiger partial charge is 0.486 e. The molecule has 0 radical (unpaired) electrons. The number of hydrogen-bond acceptors (Lipinski definition) is 4. The Morgan fingerprint density at radius 2 is 1.66 bits per heavy atom. The number of nitrogens with one attached hydrogen (secondary N) is 2. The summed E-state index contributed by atoms with van der Waals surface area (Å²) < 4.78 is 24.7. The zero-order valence-corrected chi connectivity index (χ0v) is 17.4. The van der Waals surface area contributed by atoms with E-state index in [1.807, 2.05) is 18.2 Å². The fourth-order valence-corrected chi connectivity index (χ4v) is 3.35. The smallest absolute Gasteiger partial charge is 0.251 e.